The zero-order valence-electron chi connectivity index (χ0n) is 11.0. The quantitative estimate of drug-likeness (QED) is 0.868. The highest BCUT2D eigenvalue weighted by Crippen LogP contribution is 2.51. The van der Waals surface area contributed by atoms with Crippen molar-refractivity contribution in [1.29, 1.82) is 0 Å². The van der Waals surface area contributed by atoms with Gasteiger partial charge in [-0.2, -0.15) is 0 Å². The zero-order valence-corrected chi connectivity index (χ0v) is 12.6. The lowest BCUT2D eigenvalue weighted by atomic mass is 10.1. The van der Waals surface area contributed by atoms with Gasteiger partial charge >= 0.3 is 0 Å². The average molecular weight is 288 g/mol. The van der Waals surface area contributed by atoms with E-state index in [1.165, 1.54) is 11.3 Å². The summed E-state index contributed by atoms with van der Waals surface area (Å²) in [7, 11) is -3.36. The topological polar surface area (TPSA) is 72.2 Å². The van der Waals surface area contributed by atoms with Gasteiger partial charge in [-0.3, -0.25) is 0 Å². The lowest BCUT2D eigenvalue weighted by Crippen LogP contribution is -2.26. The lowest BCUT2D eigenvalue weighted by Gasteiger charge is -2.05. The molecule has 1 aliphatic rings. The third-order valence-electron chi connectivity index (χ3n) is 3.69. The molecule has 0 amide bonds. The molecule has 1 aliphatic carbocycles. The molecule has 6 heteroatoms. The predicted octanol–water partition coefficient (Wildman–Crippen LogP) is 1.84. The van der Waals surface area contributed by atoms with Crippen molar-refractivity contribution in [3.8, 4) is 0 Å². The summed E-state index contributed by atoms with van der Waals surface area (Å²) in [6, 6.07) is 1.70. The first-order valence-electron chi connectivity index (χ1n) is 6.05. The summed E-state index contributed by atoms with van der Waals surface area (Å²) in [5.41, 5.74) is 6.81. The van der Waals surface area contributed by atoms with Crippen molar-refractivity contribution in [3.63, 3.8) is 0 Å². The first-order chi connectivity index (χ1) is 8.26. The van der Waals surface area contributed by atoms with Crippen LogP contribution < -0.4 is 10.5 Å². The van der Waals surface area contributed by atoms with E-state index < -0.39 is 10.0 Å². The van der Waals surface area contributed by atoms with Crippen molar-refractivity contribution in [2.24, 2.45) is 17.1 Å². The van der Waals surface area contributed by atoms with Crippen molar-refractivity contribution in [3.05, 3.63) is 16.5 Å². The maximum absolute atomic E-state index is 12.1. The molecule has 0 aromatic carbocycles. The standard InChI is InChI=1S/C12H20N2O2S2/c1-8-4-11(17-10(8)6-13)18(15,16)14-7-9-5-12(9,2)3/h4,9,14H,5-7,13H2,1-3H3. The normalized spacial score (nSPS) is 22.1. The predicted molar refractivity (Wildman–Crippen MR) is 74.0 cm³/mol. The van der Waals surface area contributed by atoms with Crippen LogP contribution in [0.1, 0.15) is 30.7 Å². The van der Waals surface area contributed by atoms with Gasteiger partial charge in [-0.1, -0.05) is 13.8 Å². The molecule has 3 N–H and O–H groups in total. The number of rotatable bonds is 5. The molecule has 0 aliphatic heterocycles. The number of thiophene rings is 1. The SMILES string of the molecule is Cc1cc(S(=O)(=O)NCC2CC2(C)C)sc1CN. The highest BCUT2D eigenvalue weighted by atomic mass is 32.2. The summed E-state index contributed by atoms with van der Waals surface area (Å²) in [5, 5.41) is 0. The van der Waals surface area contributed by atoms with E-state index in [-0.39, 0.29) is 5.41 Å². The first kappa shape index (κ1) is 14.0. The number of nitrogens with two attached hydrogens (primary N) is 1. The van der Waals surface area contributed by atoms with E-state index in [2.05, 4.69) is 18.6 Å². The van der Waals surface area contributed by atoms with Gasteiger partial charge in [-0.25, -0.2) is 13.1 Å². The van der Waals surface area contributed by atoms with Gasteiger partial charge in [0.1, 0.15) is 4.21 Å². The van der Waals surface area contributed by atoms with Crippen LogP contribution in [-0.4, -0.2) is 15.0 Å². The molecule has 0 saturated heterocycles. The monoisotopic (exact) mass is 288 g/mol. The number of sulfonamides is 1. The smallest absolute Gasteiger partial charge is 0.250 e. The molecule has 1 aromatic rings. The number of hydrogen-bond acceptors (Lipinski definition) is 4. The molecule has 0 radical (unpaired) electrons. The van der Waals surface area contributed by atoms with Gasteiger partial charge in [0.05, 0.1) is 0 Å². The van der Waals surface area contributed by atoms with Crippen LogP contribution >= 0.6 is 11.3 Å². The van der Waals surface area contributed by atoms with Crippen molar-refractivity contribution < 1.29 is 8.42 Å². The number of hydrogen-bond donors (Lipinski definition) is 2. The minimum atomic E-state index is -3.36. The first-order valence-corrected chi connectivity index (χ1v) is 8.35. The number of aryl methyl sites for hydroxylation is 1. The van der Waals surface area contributed by atoms with E-state index in [0.29, 0.717) is 23.2 Å². The average Bonchev–Trinajstić information content (AvgIpc) is 2.70. The second kappa shape index (κ2) is 4.59. The van der Waals surface area contributed by atoms with Crippen molar-refractivity contribution in [1.82, 2.24) is 4.72 Å². The molecule has 1 atom stereocenters. The van der Waals surface area contributed by atoms with Gasteiger partial charge in [0.25, 0.3) is 0 Å². The van der Waals surface area contributed by atoms with Crippen LogP contribution in [0, 0.1) is 18.3 Å². The Bertz CT molecular complexity index is 546. The molecule has 2 rings (SSSR count). The molecule has 0 spiro atoms. The van der Waals surface area contributed by atoms with Gasteiger partial charge in [-0.05, 0) is 36.3 Å². The largest absolute Gasteiger partial charge is 0.326 e. The van der Waals surface area contributed by atoms with Crippen LogP contribution in [0.5, 0.6) is 0 Å². The Morgan fingerprint density at radius 3 is 2.61 bits per heavy atom. The Kier molecular flexibility index (Phi) is 3.57. The van der Waals surface area contributed by atoms with Crippen molar-refractivity contribution >= 4 is 21.4 Å². The maximum Gasteiger partial charge on any atom is 0.250 e. The minimum Gasteiger partial charge on any atom is -0.326 e. The Hall–Kier alpha value is -0.430. The summed E-state index contributed by atoms with van der Waals surface area (Å²) >= 11 is 1.26. The van der Waals surface area contributed by atoms with Crippen LogP contribution in [-0.2, 0) is 16.6 Å². The molecule has 1 unspecified atom stereocenters. The van der Waals surface area contributed by atoms with Crippen LogP contribution in [0.25, 0.3) is 0 Å². The fraction of sp³-hybridized carbons (Fsp3) is 0.667. The highest BCUT2D eigenvalue weighted by molar-refractivity contribution is 7.91. The van der Waals surface area contributed by atoms with Gasteiger partial charge in [0.2, 0.25) is 10.0 Å². The van der Waals surface area contributed by atoms with E-state index in [1.54, 1.807) is 6.07 Å². The summed E-state index contributed by atoms with van der Waals surface area (Å²) in [6.45, 7) is 7.13. The third kappa shape index (κ3) is 2.77. The van der Waals surface area contributed by atoms with Crippen LogP contribution in [0.15, 0.2) is 10.3 Å². The van der Waals surface area contributed by atoms with E-state index in [9.17, 15) is 8.42 Å². The fourth-order valence-corrected chi connectivity index (χ4v) is 4.62. The van der Waals surface area contributed by atoms with Crippen LogP contribution in [0.2, 0.25) is 0 Å². The molecule has 0 bridgehead atoms. The molecule has 4 nitrogen and oxygen atoms in total. The molecular weight excluding hydrogens is 268 g/mol. The van der Waals surface area contributed by atoms with Crippen molar-refractivity contribution in [2.45, 2.75) is 37.9 Å². The molecule has 102 valence electrons. The Morgan fingerprint density at radius 2 is 2.17 bits per heavy atom. The van der Waals surface area contributed by atoms with E-state index in [1.807, 2.05) is 6.92 Å². The van der Waals surface area contributed by atoms with Crippen LogP contribution in [0.4, 0.5) is 0 Å². The zero-order chi connectivity index (χ0) is 13.6. The maximum atomic E-state index is 12.1. The van der Waals surface area contributed by atoms with Crippen LogP contribution in [0.3, 0.4) is 0 Å². The molecular formula is C12H20N2O2S2. The molecule has 1 aromatic heterocycles. The summed E-state index contributed by atoms with van der Waals surface area (Å²) in [4.78, 5) is 0.933. The second-order valence-corrected chi connectivity index (χ2v) is 8.75. The molecule has 18 heavy (non-hydrogen) atoms. The molecule has 1 fully saturated rings. The van der Waals surface area contributed by atoms with E-state index in [0.717, 1.165) is 16.9 Å². The third-order valence-corrected chi connectivity index (χ3v) is 6.84. The fourth-order valence-electron chi connectivity index (χ4n) is 2.03. The van der Waals surface area contributed by atoms with Gasteiger partial charge < -0.3 is 5.73 Å². The second-order valence-electron chi connectivity index (χ2n) is 5.62. The van der Waals surface area contributed by atoms with Gasteiger partial charge in [0.15, 0.2) is 0 Å². The highest BCUT2D eigenvalue weighted by Gasteiger charge is 2.45. The number of nitrogens with one attached hydrogen (secondary N) is 1. The summed E-state index contributed by atoms with van der Waals surface area (Å²) in [6.07, 6.45) is 1.09. The summed E-state index contributed by atoms with van der Waals surface area (Å²) in [5.74, 6) is 0.460. The Morgan fingerprint density at radius 1 is 1.56 bits per heavy atom. The molecule has 1 heterocycles. The Balaban J connectivity index is 2.06. The van der Waals surface area contributed by atoms with Gasteiger partial charge in [0, 0.05) is 18.0 Å². The molecule has 1 saturated carbocycles. The Labute approximate surface area is 113 Å². The van der Waals surface area contributed by atoms with Crippen molar-refractivity contribution in [2.75, 3.05) is 6.54 Å². The van der Waals surface area contributed by atoms with E-state index in [4.69, 9.17) is 5.73 Å². The lowest BCUT2D eigenvalue weighted by molar-refractivity contribution is 0.538. The minimum absolute atomic E-state index is 0.288. The van der Waals surface area contributed by atoms with E-state index >= 15 is 0 Å². The van der Waals surface area contributed by atoms with Gasteiger partial charge in [-0.15, -0.1) is 11.3 Å². The summed E-state index contributed by atoms with van der Waals surface area (Å²) < 4.78 is 27.3.